The Morgan fingerprint density at radius 3 is 2.76 bits per heavy atom. The highest BCUT2D eigenvalue weighted by atomic mass is 15.2. The fraction of sp³-hybridized carbons (Fsp3) is 0.286. The van der Waals surface area contributed by atoms with Crippen LogP contribution < -0.4 is 0 Å². The van der Waals surface area contributed by atoms with E-state index in [1.54, 1.807) is 0 Å². The first-order chi connectivity index (χ1) is 8.43. The van der Waals surface area contributed by atoms with Gasteiger partial charge in [-0.2, -0.15) is 5.10 Å². The summed E-state index contributed by atoms with van der Waals surface area (Å²) in [5.74, 6) is 2.30. The molecule has 0 spiro atoms. The third kappa shape index (κ3) is 2.13. The zero-order valence-electron chi connectivity index (χ0n) is 9.63. The molecule has 0 fully saturated rings. The van der Waals surface area contributed by atoms with E-state index < -0.39 is 0 Å². The maximum Gasteiger partial charge on any atom is 0.155 e. The molecule has 1 aromatic carbocycles. The summed E-state index contributed by atoms with van der Waals surface area (Å²) in [6.45, 7) is 0. The Kier molecular flexibility index (Phi) is 2.74. The van der Waals surface area contributed by atoms with Crippen LogP contribution in [-0.2, 0) is 0 Å². The standard InChI is InChI=1S/C14H15N3/c1-3-7-11(8-4-1)13-15-14(17-16-13)12-9-5-2-6-10-12/h1-5,7-8,12H,6,9-10H2,(H,15,16,17). The highest BCUT2D eigenvalue weighted by molar-refractivity contribution is 5.53. The molecule has 1 aliphatic rings. The van der Waals surface area contributed by atoms with Crippen molar-refractivity contribution in [3.8, 4) is 11.4 Å². The minimum absolute atomic E-state index is 0.480. The first kappa shape index (κ1) is 10.3. The van der Waals surface area contributed by atoms with Gasteiger partial charge in [0, 0.05) is 11.5 Å². The fourth-order valence-corrected chi connectivity index (χ4v) is 2.21. The number of nitrogens with one attached hydrogen (secondary N) is 1. The zero-order valence-corrected chi connectivity index (χ0v) is 9.63. The van der Waals surface area contributed by atoms with Crippen LogP contribution in [-0.4, -0.2) is 15.2 Å². The van der Waals surface area contributed by atoms with Crippen molar-refractivity contribution in [2.75, 3.05) is 0 Å². The molecule has 0 saturated heterocycles. The van der Waals surface area contributed by atoms with Crippen molar-refractivity contribution in [1.29, 1.82) is 0 Å². The van der Waals surface area contributed by atoms with Gasteiger partial charge in [0.2, 0.25) is 0 Å². The van der Waals surface area contributed by atoms with Gasteiger partial charge in [0.15, 0.2) is 11.6 Å². The summed E-state index contributed by atoms with van der Waals surface area (Å²) in [6.07, 6.45) is 7.82. The summed E-state index contributed by atoms with van der Waals surface area (Å²) in [6, 6.07) is 10.1. The van der Waals surface area contributed by atoms with Crippen LogP contribution in [0.15, 0.2) is 42.5 Å². The molecule has 2 aromatic rings. The van der Waals surface area contributed by atoms with Crippen LogP contribution in [0.2, 0.25) is 0 Å². The van der Waals surface area contributed by atoms with Gasteiger partial charge in [-0.1, -0.05) is 42.5 Å². The molecule has 86 valence electrons. The van der Waals surface area contributed by atoms with E-state index in [4.69, 9.17) is 0 Å². The predicted octanol–water partition coefficient (Wildman–Crippen LogP) is 3.30. The molecule has 1 unspecified atom stereocenters. The summed E-state index contributed by atoms with van der Waals surface area (Å²) < 4.78 is 0. The maximum atomic E-state index is 4.60. The number of rotatable bonds is 2. The molecule has 0 aliphatic heterocycles. The van der Waals surface area contributed by atoms with E-state index >= 15 is 0 Å². The average Bonchev–Trinajstić information content (AvgIpc) is 2.90. The average molecular weight is 225 g/mol. The number of nitrogens with zero attached hydrogens (tertiary/aromatic N) is 2. The van der Waals surface area contributed by atoms with E-state index in [9.17, 15) is 0 Å². The number of H-pyrrole nitrogens is 1. The lowest BCUT2D eigenvalue weighted by Crippen LogP contribution is -2.02. The Bertz CT molecular complexity index is 513. The Hall–Kier alpha value is -1.90. The number of aromatic amines is 1. The lowest BCUT2D eigenvalue weighted by atomic mass is 9.94. The highest BCUT2D eigenvalue weighted by Gasteiger charge is 2.17. The Morgan fingerprint density at radius 1 is 1.12 bits per heavy atom. The molecule has 1 N–H and O–H groups in total. The van der Waals surface area contributed by atoms with E-state index in [1.165, 1.54) is 0 Å². The lowest BCUT2D eigenvalue weighted by molar-refractivity contribution is 0.585. The van der Waals surface area contributed by atoms with Gasteiger partial charge in [-0.3, -0.25) is 5.10 Å². The third-order valence-electron chi connectivity index (χ3n) is 3.18. The molecule has 0 bridgehead atoms. The summed E-state index contributed by atoms with van der Waals surface area (Å²) in [5.41, 5.74) is 1.10. The first-order valence-electron chi connectivity index (χ1n) is 6.06. The Balaban J connectivity index is 1.85. The third-order valence-corrected chi connectivity index (χ3v) is 3.18. The van der Waals surface area contributed by atoms with Crippen molar-refractivity contribution >= 4 is 0 Å². The van der Waals surface area contributed by atoms with Gasteiger partial charge < -0.3 is 0 Å². The molecule has 3 heteroatoms. The van der Waals surface area contributed by atoms with Crippen LogP contribution in [0.1, 0.15) is 31.0 Å². The minimum atomic E-state index is 0.480. The van der Waals surface area contributed by atoms with Crippen LogP contribution in [0.25, 0.3) is 11.4 Å². The molecule has 17 heavy (non-hydrogen) atoms. The molecule has 1 heterocycles. The molecule has 0 saturated carbocycles. The largest absolute Gasteiger partial charge is 0.259 e. The van der Waals surface area contributed by atoms with Crippen molar-refractivity contribution in [2.45, 2.75) is 25.2 Å². The lowest BCUT2D eigenvalue weighted by Gasteiger charge is -2.13. The second-order valence-corrected chi connectivity index (χ2v) is 4.39. The molecule has 1 aliphatic carbocycles. The van der Waals surface area contributed by atoms with Crippen molar-refractivity contribution in [2.24, 2.45) is 0 Å². The number of benzene rings is 1. The zero-order chi connectivity index (χ0) is 11.5. The van der Waals surface area contributed by atoms with Crippen LogP contribution in [0.3, 0.4) is 0 Å². The molecule has 3 nitrogen and oxygen atoms in total. The molecular weight excluding hydrogens is 210 g/mol. The monoisotopic (exact) mass is 225 g/mol. The van der Waals surface area contributed by atoms with Crippen LogP contribution in [0.4, 0.5) is 0 Å². The van der Waals surface area contributed by atoms with E-state index in [2.05, 4.69) is 27.3 Å². The Labute approximate surface area is 101 Å². The van der Waals surface area contributed by atoms with Gasteiger partial charge in [-0.05, 0) is 19.3 Å². The van der Waals surface area contributed by atoms with Crippen LogP contribution in [0.5, 0.6) is 0 Å². The van der Waals surface area contributed by atoms with E-state index in [-0.39, 0.29) is 0 Å². The normalized spacial score (nSPS) is 19.4. The molecule has 3 rings (SSSR count). The van der Waals surface area contributed by atoms with Gasteiger partial charge in [0.25, 0.3) is 0 Å². The van der Waals surface area contributed by atoms with E-state index in [0.717, 1.165) is 36.5 Å². The SMILES string of the molecule is C1=CCC(c2n[nH]c(-c3ccccc3)n2)CC1. The molecular formula is C14H15N3. The van der Waals surface area contributed by atoms with Gasteiger partial charge >= 0.3 is 0 Å². The summed E-state index contributed by atoms with van der Waals surface area (Å²) >= 11 is 0. The summed E-state index contributed by atoms with van der Waals surface area (Å²) in [5, 5.41) is 7.38. The van der Waals surface area contributed by atoms with E-state index in [1.807, 2.05) is 30.3 Å². The maximum absolute atomic E-state index is 4.60. The Morgan fingerprint density at radius 2 is 2.00 bits per heavy atom. The molecule has 1 atom stereocenters. The molecule has 1 aromatic heterocycles. The van der Waals surface area contributed by atoms with Crippen molar-refractivity contribution in [3.63, 3.8) is 0 Å². The molecule has 0 radical (unpaired) electrons. The molecule has 0 amide bonds. The quantitative estimate of drug-likeness (QED) is 0.797. The van der Waals surface area contributed by atoms with E-state index in [0.29, 0.717) is 5.92 Å². The fourth-order valence-electron chi connectivity index (χ4n) is 2.21. The number of hydrogen-bond donors (Lipinski definition) is 1. The van der Waals surface area contributed by atoms with Gasteiger partial charge in [-0.25, -0.2) is 4.98 Å². The van der Waals surface area contributed by atoms with Gasteiger partial charge in [0.05, 0.1) is 0 Å². The number of aromatic nitrogens is 3. The van der Waals surface area contributed by atoms with Crippen molar-refractivity contribution in [1.82, 2.24) is 15.2 Å². The predicted molar refractivity (Wildman–Crippen MR) is 67.6 cm³/mol. The second-order valence-electron chi connectivity index (χ2n) is 4.39. The van der Waals surface area contributed by atoms with Crippen LogP contribution >= 0.6 is 0 Å². The smallest absolute Gasteiger partial charge is 0.155 e. The van der Waals surface area contributed by atoms with Crippen molar-refractivity contribution < 1.29 is 0 Å². The summed E-state index contributed by atoms with van der Waals surface area (Å²) in [4.78, 5) is 4.60. The minimum Gasteiger partial charge on any atom is -0.259 e. The first-order valence-corrected chi connectivity index (χ1v) is 6.06. The second kappa shape index (κ2) is 4.53. The van der Waals surface area contributed by atoms with Crippen molar-refractivity contribution in [3.05, 3.63) is 48.3 Å². The number of hydrogen-bond acceptors (Lipinski definition) is 2. The number of allylic oxidation sites excluding steroid dienone is 2. The van der Waals surface area contributed by atoms with Crippen LogP contribution in [0, 0.1) is 0 Å². The highest BCUT2D eigenvalue weighted by Crippen LogP contribution is 2.27. The summed E-state index contributed by atoms with van der Waals surface area (Å²) in [7, 11) is 0. The van der Waals surface area contributed by atoms with Gasteiger partial charge in [0.1, 0.15) is 0 Å². The topological polar surface area (TPSA) is 41.6 Å². The van der Waals surface area contributed by atoms with Gasteiger partial charge in [-0.15, -0.1) is 0 Å².